The molecule has 2 aromatic carbocycles. The Morgan fingerprint density at radius 2 is 1.93 bits per heavy atom. The largest absolute Gasteiger partial charge is 0.491 e. The molecule has 3 aliphatic heterocycles. The van der Waals surface area contributed by atoms with Crippen molar-refractivity contribution >= 4 is 45.6 Å². The van der Waals surface area contributed by atoms with Crippen LogP contribution in [0.2, 0.25) is 5.02 Å². The molecule has 1 aromatic heterocycles. The van der Waals surface area contributed by atoms with E-state index in [0.29, 0.717) is 59.1 Å². The standard InChI is InChI=1S/C31H36ClFN6O4/c32-25-15-21(4-7-26(25)33)36-31-24-16-28(37-30(40)3-1-9-39-22-5-6-23(39)19-42-18-22)29(17-27(24)34-20-35-31)43-12-2-8-38-10-13-41-14-11-38/h1,3-4,7,15-17,20,22-23H,2,5-6,8-14,18-19H2,(H,37,40)(H,34,35,36). The molecule has 10 nitrogen and oxygen atoms in total. The molecule has 0 saturated carbocycles. The second kappa shape index (κ2) is 14.0. The molecule has 2 unspecified atom stereocenters. The number of halogens is 2. The molecule has 2 atom stereocenters. The van der Waals surface area contributed by atoms with Gasteiger partial charge in [0.2, 0.25) is 5.91 Å². The molecule has 4 heterocycles. The molecule has 2 bridgehead atoms. The summed E-state index contributed by atoms with van der Waals surface area (Å²) in [4.78, 5) is 26.7. The van der Waals surface area contributed by atoms with Crippen LogP contribution in [0.15, 0.2) is 48.8 Å². The van der Waals surface area contributed by atoms with Gasteiger partial charge in [-0.15, -0.1) is 0 Å². The first-order valence-electron chi connectivity index (χ1n) is 14.8. The topological polar surface area (TPSA) is 101 Å². The molecule has 3 aromatic rings. The van der Waals surface area contributed by atoms with Crippen molar-refractivity contribution in [2.45, 2.75) is 31.3 Å². The Balaban J connectivity index is 1.19. The highest BCUT2D eigenvalue weighted by Crippen LogP contribution is 2.34. The number of hydrogen-bond donors (Lipinski definition) is 2. The normalized spacial score (nSPS) is 21.0. The first-order valence-corrected chi connectivity index (χ1v) is 15.2. The minimum atomic E-state index is -0.505. The van der Waals surface area contributed by atoms with Crippen molar-refractivity contribution in [3.63, 3.8) is 0 Å². The Hall–Kier alpha value is -3.35. The van der Waals surface area contributed by atoms with Crippen LogP contribution in [0.25, 0.3) is 10.9 Å². The molecular formula is C31H36ClFN6O4. The highest BCUT2D eigenvalue weighted by Gasteiger charge is 2.36. The number of amides is 1. The average molecular weight is 611 g/mol. The molecule has 228 valence electrons. The van der Waals surface area contributed by atoms with Crippen molar-refractivity contribution in [2.24, 2.45) is 0 Å². The molecule has 0 spiro atoms. The van der Waals surface area contributed by atoms with Gasteiger partial charge < -0.3 is 24.8 Å². The molecule has 0 radical (unpaired) electrons. The number of carbonyl (C=O) groups is 1. The van der Waals surface area contributed by atoms with E-state index >= 15 is 0 Å². The van der Waals surface area contributed by atoms with E-state index in [0.717, 1.165) is 65.3 Å². The molecule has 3 aliphatic rings. The Morgan fingerprint density at radius 1 is 1.12 bits per heavy atom. The van der Waals surface area contributed by atoms with Crippen LogP contribution in [-0.2, 0) is 14.3 Å². The smallest absolute Gasteiger partial charge is 0.248 e. The fourth-order valence-corrected chi connectivity index (χ4v) is 6.05. The summed E-state index contributed by atoms with van der Waals surface area (Å²) >= 11 is 5.99. The predicted octanol–water partition coefficient (Wildman–Crippen LogP) is 4.62. The zero-order valence-corrected chi connectivity index (χ0v) is 24.7. The summed E-state index contributed by atoms with van der Waals surface area (Å²) in [6.45, 7) is 6.93. The Morgan fingerprint density at radius 3 is 2.72 bits per heavy atom. The number of rotatable bonds is 11. The number of benzene rings is 2. The lowest BCUT2D eigenvalue weighted by Gasteiger charge is -2.33. The maximum atomic E-state index is 13.7. The van der Waals surface area contributed by atoms with E-state index in [1.165, 1.54) is 18.5 Å². The first-order chi connectivity index (χ1) is 21.0. The number of fused-ring (bicyclic) bond motifs is 3. The molecule has 43 heavy (non-hydrogen) atoms. The van der Waals surface area contributed by atoms with Gasteiger partial charge in [0.1, 0.15) is 23.7 Å². The van der Waals surface area contributed by atoms with Gasteiger partial charge in [-0.3, -0.25) is 14.6 Å². The molecule has 3 saturated heterocycles. The zero-order valence-electron chi connectivity index (χ0n) is 23.9. The van der Waals surface area contributed by atoms with E-state index < -0.39 is 5.82 Å². The fourth-order valence-electron chi connectivity index (χ4n) is 5.87. The average Bonchev–Trinajstić information content (AvgIpc) is 3.22. The lowest BCUT2D eigenvalue weighted by molar-refractivity contribution is -0.112. The Bertz CT molecular complexity index is 1450. The number of hydrogen-bond acceptors (Lipinski definition) is 9. The van der Waals surface area contributed by atoms with Crippen molar-refractivity contribution in [1.82, 2.24) is 19.8 Å². The number of nitrogens with one attached hydrogen (secondary N) is 2. The van der Waals surface area contributed by atoms with Gasteiger partial charge in [-0.25, -0.2) is 14.4 Å². The third kappa shape index (κ3) is 7.42. The Labute approximate surface area is 255 Å². The molecule has 2 N–H and O–H groups in total. The van der Waals surface area contributed by atoms with Crippen molar-refractivity contribution in [3.05, 3.63) is 59.7 Å². The van der Waals surface area contributed by atoms with E-state index in [1.807, 2.05) is 6.08 Å². The van der Waals surface area contributed by atoms with Gasteiger partial charge in [-0.05, 0) is 43.5 Å². The summed E-state index contributed by atoms with van der Waals surface area (Å²) in [6, 6.07) is 8.81. The summed E-state index contributed by atoms with van der Waals surface area (Å²) in [5.74, 6) is 0.251. The maximum absolute atomic E-state index is 13.7. The summed E-state index contributed by atoms with van der Waals surface area (Å²) in [5.41, 5.74) is 1.71. The molecule has 6 rings (SSSR count). The van der Waals surface area contributed by atoms with Gasteiger partial charge in [0.15, 0.2) is 0 Å². The summed E-state index contributed by atoms with van der Waals surface area (Å²) in [7, 11) is 0. The quantitative estimate of drug-likeness (QED) is 0.238. The number of nitrogens with zero attached hydrogens (tertiary/aromatic N) is 4. The molecule has 1 amide bonds. The van der Waals surface area contributed by atoms with Gasteiger partial charge in [-0.2, -0.15) is 0 Å². The van der Waals surface area contributed by atoms with Gasteiger partial charge >= 0.3 is 0 Å². The van der Waals surface area contributed by atoms with Crippen molar-refractivity contribution < 1.29 is 23.4 Å². The first kappa shape index (κ1) is 29.7. The van der Waals surface area contributed by atoms with Crippen LogP contribution < -0.4 is 15.4 Å². The third-order valence-corrected chi connectivity index (χ3v) is 8.42. The lowest BCUT2D eigenvalue weighted by atomic mass is 10.1. The lowest BCUT2D eigenvalue weighted by Crippen LogP contribution is -2.45. The Kier molecular flexibility index (Phi) is 9.64. The van der Waals surface area contributed by atoms with E-state index in [-0.39, 0.29) is 10.9 Å². The van der Waals surface area contributed by atoms with Crippen LogP contribution in [0.3, 0.4) is 0 Å². The minimum absolute atomic E-state index is 0.000882. The number of carbonyl (C=O) groups excluding carboxylic acids is 1. The predicted molar refractivity (Wildman–Crippen MR) is 164 cm³/mol. The van der Waals surface area contributed by atoms with Crippen LogP contribution >= 0.6 is 11.6 Å². The second-order valence-corrected chi connectivity index (χ2v) is 11.4. The zero-order chi connectivity index (χ0) is 29.6. The summed E-state index contributed by atoms with van der Waals surface area (Å²) in [5, 5.41) is 6.85. The van der Waals surface area contributed by atoms with Gasteiger partial charge in [-0.1, -0.05) is 17.7 Å². The van der Waals surface area contributed by atoms with E-state index in [1.54, 1.807) is 24.3 Å². The highest BCUT2D eigenvalue weighted by atomic mass is 35.5. The van der Waals surface area contributed by atoms with E-state index in [4.69, 9.17) is 25.8 Å². The molecule has 3 fully saturated rings. The number of aromatic nitrogens is 2. The summed E-state index contributed by atoms with van der Waals surface area (Å²) in [6.07, 6.45) is 8.02. The SMILES string of the molecule is O=C(C=CCN1C2CCC1COC2)Nc1cc2c(Nc3ccc(F)c(Cl)c3)ncnc2cc1OCCCN1CCOCC1. The fraction of sp³-hybridized carbons (Fsp3) is 0.452. The highest BCUT2D eigenvalue weighted by molar-refractivity contribution is 6.31. The number of anilines is 3. The van der Waals surface area contributed by atoms with Crippen LogP contribution in [0, 0.1) is 5.82 Å². The van der Waals surface area contributed by atoms with Crippen LogP contribution in [0.4, 0.5) is 21.6 Å². The number of morpholine rings is 2. The van der Waals surface area contributed by atoms with Crippen molar-refractivity contribution in [2.75, 3.05) is 69.8 Å². The van der Waals surface area contributed by atoms with Crippen molar-refractivity contribution in [3.8, 4) is 5.75 Å². The van der Waals surface area contributed by atoms with Gasteiger partial charge in [0, 0.05) is 61.5 Å². The second-order valence-electron chi connectivity index (χ2n) is 11.0. The van der Waals surface area contributed by atoms with Crippen LogP contribution in [0.5, 0.6) is 5.75 Å². The molecular weight excluding hydrogens is 575 g/mol. The summed E-state index contributed by atoms with van der Waals surface area (Å²) < 4.78 is 31.0. The molecule has 0 aliphatic carbocycles. The maximum Gasteiger partial charge on any atom is 0.248 e. The van der Waals surface area contributed by atoms with E-state index in [9.17, 15) is 9.18 Å². The minimum Gasteiger partial charge on any atom is -0.491 e. The molecule has 12 heteroatoms. The monoisotopic (exact) mass is 610 g/mol. The number of ether oxygens (including phenoxy) is 3. The van der Waals surface area contributed by atoms with Crippen LogP contribution in [-0.4, -0.2) is 97.0 Å². The van der Waals surface area contributed by atoms with Gasteiger partial charge in [0.05, 0.1) is 49.3 Å². The third-order valence-electron chi connectivity index (χ3n) is 8.13. The van der Waals surface area contributed by atoms with Gasteiger partial charge in [0.25, 0.3) is 0 Å². The van der Waals surface area contributed by atoms with Crippen LogP contribution in [0.1, 0.15) is 19.3 Å². The van der Waals surface area contributed by atoms with Crippen molar-refractivity contribution in [1.29, 1.82) is 0 Å². The van der Waals surface area contributed by atoms with E-state index in [2.05, 4.69) is 30.4 Å².